The molecule has 4 heteroatoms. The first-order valence-corrected chi connectivity index (χ1v) is 10.5. The Kier molecular flexibility index (Phi) is 4.75. The van der Waals surface area contributed by atoms with Crippen molar-refractivity contribution >= 4 is 33.9 Å². The number of hydrogen-bond acceptors (Lipinski definition) is 1. The summed E-state index contributed by atoms with van der Waals surface area (Å²) in [4.78, 5) is 13.8. The van der Waals surface area contributed by atoms with Gasteiger partial charge in [-0.1, -0.05) is 67.2 Å². The Morgan fingerprint density at radius 3 is 2.35 bits per heavy atom. The first-order valence-electron chi connectivity index (χ1n) is 10.5. The summed E-state index contributed by atoms with van der Waals surface area (Å²) in [5, 5.41) is 1.00. The van der Waals surface area contributed by atoms with Crippen molar-refractivity contribution in [1.29, 1.82) is 0 Å². The van der Waals surface area contributed by atoms with Crippen LogP contribution in [0.5, 0.6) is 0 Å². The number of aryl methyl sites for hydroxylation is 1. The van der Waals surface area contributed by atoms with E-state index >= 15 is 0 Å². The average Bonchev–Trinajstić information content (AvgIpc) is 3.35. The zero-order valence-corrected chi connectivity index (χ0v) is 17.5. The third-order valence-corrected chi connectivity index (χ3v) is 5.86. The number of imidazole rings is 1. The Morgan fingerprint density at radius 2 is 1.61 bits per heavy atom. The molecule has 5 aromatic rings. The number of carbonyl (C=O) groups is 1. The molecule has 3 aromatic carbocycles. The van der Waals surface area contributed by atoms with Crippen LogP contribution < -0.4 is 4.57 Å². The number of carbonyl (C=O) groups excluding carboxylic acids is 1. The van der Waals surface area contributed by atoms with Crippen molar-refractivity contribution in [3.05, 3.63) is 97.3 Å². The number of aromatic nitrogens is 3. The van der Waals surface area contributed by atoms with Gasteiger partial charge in [-0.3, -0.25) is 4.79 Å². The molecule has 4 nitrogen and oxygen atoms in total. The van der Waals surface area contributed by atoms with Crippen LogP contribution in [0.1, 0.15) is 17.3 Å². The van der Waals surface area contributed by atoms with Crippen molar-refractivity contribution < 1.29 is 9.36 Å². The molecular formula is C27H24N3O+. The van der Waals surface area contributed by atoms with Crippen LogP contribution >= 0.6 is 0 Å². The molecular weight excluding hydrogens is 382 g/mol. The molecule has 0 saturated carbocycles. The second-order valence-electron chi connectivity index (χ2n) is 7.60. The van der Waals surface area contributed by atoms with E-state index < -0.39 is 0 Å². The van der Waals surface area contributed by atoms with E-state index in [-0.39, 0.29) is 12.3 Å². The van der Waals surface area contributed by atoms with E-state index in [0.29, 0.717) is 0 Å². The van der Waals surface area contributed by atoms with Crippen LogP contribution in [0.2, 0.25) is 0 Å². The molecule has 0 bridgehead atoms. The maximum Gasteiger partial charge on any atom is 0.249 e. The maximum absolute atomic E-state index is 13.8. The van der Waals surface area contributed by atoms with Gasteiger partial charge in [0.2, 0.25) is 12.1 Å². The van der Waals surface area contributed by atoms with Crippen LogP contribution in [0.25, 0.3) is 39.4 Å². The number of ketones is 1. The molecule has 2 aromatic heterocycles. The predicted molar refractivity (Wildman–Crippen MR) is 126 cm³/mol. The predicted octanol–water partition coefficient (Wildman–Crippen LogP) is 5.55. The molecule has 0 aliphatic carbocycles. The lowest BCUT2D eigenvalue weighted by molar-refractivity contribution is -0.657. The number of nitrogens with zero attached hydrogens (tertiary/aromatic N) is 3. The van der Waals surface area contributed by atoms with E-state index in [1.807, 2.05) is 70.1 Å². The highest BCUT2D eigenvalue weighted by molar-refractivity contribution is 6.13. The number of Topliss-reactive ketones (excluding diaryl/α,β-unsaturated/α-hetero) is 1. The topological polar surface area (TPSA) is 30.8 Å². The fraction of sp³-hybridized carbons (Fsp3) is 0.111. The summed E-state index contributed by atoms with van der Waals surface area (Å²) >= 11 is 0. The summed E-state index contributed by atoms with van der Waals surface area (Å²) in [5.74, 6) is 0.0965. The van der Waals surface area contributed by atoms with E-state index in [1.54, 1.807) is 6.20 Å². The van der Waals surface area contributed by atoms with Gasteiger partial charge in [0.1, 0.15) is 0 Å². The molecule has 0 fully saturated rings. The number of rotatable bonds is 6. The standard InChI is InChI=1S/C27H24N3O/c1-3-28-19-29(24-17-11-10-16-23(24)28)18-25(31)26-21-14-8-9-15-22(21)30(4-2)27(26)20-12-6-5-7-13-20/h3,5-17,19H,1,4,18H2,2H3/q+1. The lowest BCUT2D eigenvalue weighted by Gasteiger charge is -2.10. The van der Waals surface area contributed by atoms with Gasteiger partial charge < -0.3 is 4.57 Å². The molecule has 0 radical (unpaired) electrons. The number of para-hydroxylation sites is 3. The molecule has 152 valence electrons. The highest BCUT2D eigenvalue weighted by Crippen LogP contribution is 2.34. The van der Waals surface area contributed by atoms with Gasteiger partial charge in [0.05, 0.1) is 17.5 Å². The van der Waals surface area contributed by atoms with E-state index in [2.05, 4.69) is 42.3 Å². The van der Waals surface area contributed by atoms with E-state index in [1.165, 1.54) is 0 Å². The third kappa shape index (κ3) is 3.08. The molecule has 0 amide bonds. The molecule has 0 atom stereocenters. The minimum atomic E-state index is 0.0965. The van der Waals surface area contributed by atoms with Gasteiger partial charge in [-0.05, 0) is 30.7 Å². The lowest BCUT2D eigenvalue weighted by atomic mass is 10.0. The number of benzene rings is 3. The van der Waals surface area contributed by atoms with Gasteiger partial charge in [-0.25, -0.2) is 9.13 Å². The van der Waals surface area contributed by atoms with Gasteiger partial charge >= 0.3 is 0 Å². The van der Waals surface area contributed by atoms with Crippen LogP contribution in [-0.2, 0) is 13.1 Å². The maximum atomic E-state index is 13.8. The van der Waals surface area contributed by atoms with Crippen molar-refractivity contribution in [3.63, 3.8) is 0 Å². The minimum Gasteiger partial charge on any atom is -0.340 e. The smallest absolute Gasteiger partial charge is 0.249 e. The van der Waals surface area contributed by atoms with Gasteiger partial charge in [-0.2, -0.15) is 0 Å². The van der Waals surface area contributed by atoms with E-state index in [9.17, 15) is 4.79 Å². The molecule has 0 aliphatic heterocycles. The SMILES string of the molecule is C=Cn1c[n+](CC(=O)c2c(-c3ccccc3)n(CC)c3ccccc23)c2ccccc21. The highest BCUT2D eigenvalue weighted by atomic mass is 16.1. The summed E-state index contributed by atoms with van der Waals surface area (Å²) in [6, 6.07) is 26.5. The van der Waals surface area contributed by atoms with E-state index in [4.69, 9.17) is 0 Å². The fourth-order valence-electron chi connectivity index (χ4n) is 4.52. The largest absolute Gasteiger partial charge is 0.340 e. The number of hydrogen-bond donors (Lipinski definition) is 0. The van der Waals surface area contributed by atoms with Gasteiger partial charge in [0, 0.05) is 17.4 Å². The molecule has 31 heavy (non-hydrogen) atoms. The van der Waals surface area contributed by atoms with Crippen LogP contribution in [0.4, 0.5) is 0 Å². The summed E-state index contributed by atoms with van der Waals surface area (Å²) in [5.41, 5.74) is 5.96. The Hall–Kier alpha value is -3.92. The second kappa shape index (κ2) is 7.73. The van der Waals surface area contributed by atoms with Crippen molar-refractivity contribution in [3.8, 4) is 11.3 Å². The molecule has 0 N–H and O–H groups in total. The average molecular weight is 407 g/mol. The molecule has 2 heterocycles. The first kappa shape index (κ1) is 19.1. The van der Waals surface area contributed by atoms with Crippen LogP contribution in [-0.4, -0.2) is 14.9 Å². The summed E-state index contributed by atoms with van der Waals surface area (Å²) < 4.78 is 6.21. The summed E-state index contributed by atoms with van der Waals surface area (Å²) in [7, 11) is 0. The molecule has 0 spiro atoms. The zero-order chi connectivity index (χ0) is 21.4. The Bertz CT molecular complexity index is 1420. The van der Waals surface area contributed by atoms with Crippen molar-refractivity contribution in [1.82, 2.24) is 9.13 Å². The number of fused-ring (bicyclic) bond motifs is 2. The first-order chi connectivity index (χ1) is 15.2. The Labute approximate surface area is 181 Å². The van der Waals surface area contributed by atoms with Gasteiger partial charge in [0.25, 0.3) is 0 Å². The minimum absolute atomic E-state index is 0.0965. The van der Waals surface area contributed by atoms with Crippen LogP contribution in [0.15, 0.2) is 91.8 Å². The van der Waals surface area contributed by atoms with E-state index in [0.717, 1.165) is 45.3 Å². The van der Waals surface area contributed by atoms with Crippen LogP contribution in [0.3, 0.4) is 0 Å². The molecule has 0 saturated heterocycles. The summed E-state index contributed by atoms with van der Waals surface area (Å²) in [6.45, 7) is 7.08. The molecule has 0 unspecified atom stereocenters. The van der Waals surface area contributed by atoms with Crippen molar-refractivity contribution in [2.75, 3.05) is 0 Å². The van der Waals surface area contributed by atoms with Crippen LogP contribution in [0, 0.1) is 0 Å². The van der Waals surface area contributed by atoms with Crippen molar-refractivity contribution in [2.45, 2.75) is 20.0 Å². The highest BCUT2D eigenvalue weighted by Gasteiger charge is 2.25. The van der Waals surface area contributed by atoms with Crippen molar-refractivity contribution in [2.24, 2.45) is 0 Å². The molecule has 5 rings (SSSR count). The van der Waals surface area contributed by atoms with Gasteiger partial charge in [-0.15, -0.1) is 0 Å². The fourth-order valence-corrected chi connectivity index (χ4v) is 4.52. The molecule has 0 aliphatic rings. The van der Waals surface area contributed by atoms with Gasteiger partial charge in [0.15, 0.2) is 17.6 Å². The normalized spacial score (nSPS) is 11.3. The Balaban J connectivity index is 1.70. The monoisotopic (exact) mass is 406 g/mol. The summed E-state index contributed by atoms with van der Waals surface area (Å²) in [6.07, 6.45) is 3.71. The lowest BCUT2D eigenvalue weighted by Crippen LogP contribution is -2.36. The Morgan fingerprint density at radius 1 is 0.935 bits per heavy atom. The zero-order valence-electron chi connectivity index (χ0n) is 17.5. The second-order valence-corrected chi connectivity index (χ2v) is 7.60. The quantitative estimate of drug-likeness (QED) is 0.268. The third-order valence-electron chi connectivity index (χ3n) is 5.86.